The predicted molar refractivity (Wildman–Crippen MR) is 173 cm³/mol. The van der Waals surface area contributed by atoms with Gasteiger partial charge in [-0.2, -0.15) is 0 Å². The molecule has 1 heterocycles. The van der Waals surface area contributed by atoms with Crippen LogP contribution in [0, 0.1) is 0 Å². The number of aryl methyl sites for hydroxylation is 1. The zero-order chi connectivity index (χ0) is 28.1. The molecule has 200 valence electrons. The van der Waals surface area contributed by atoms with Gasteiger partial charge in [0.15, 0.2) is 5.58 Å². The standard InChI is InChI=1S/C39H33NO/c1-5-25-23-34-35(24-33(25)39(2,3)4)41-38(40-34)28-21-19-27(20-22-28)37-31-17-11-9-15-29(31)36(26-13-7-6-8-14-26)30-16-10-12-18-32(30)37/h6-24H,5H2,1-4H3. The van der Waals surface area contributed by atoms with Crippen LogP contribution in [0.25, 0.3) is 66.4 Å². The topological polar surface area (TPSA) is 26.0 Å². The summed E-state index contributed by atoms with van der Waals surface area (Å²) in [6.07, 6.45) is 0.977. The van der Waals surface area contributed by atoms with Crippen LogP contribution in [0.4, 0.5) is 0 Å². The molecule has 0 amide bonds. The number of benzene rings is 6. The molecule has 1 aromatic heterocycles. The Morgan fingerprint density at radius 2 is 1.07 bits per heavy atom. The maximum Gasteiger partial charge on any atom is 0.227 e. The van der Waals surface area contributed by atoms with Gasteiger partial charge in [0.25, 0.3) is 0 Å². The first kappa shape index (κ1) is 25.3. The van der Waals surface area contributed by atoms with Crippen LogP contribution in [0.1, 0.15) is 38.8 Å². The van der Waals surface area contributed by atoms with Gasteiger partial charge in [-0.3, -0.25) is 0 Å². The van der Waals surface area contributed by atoms with E-state index in [1.54, 1.807) is 0 Å². The summed E-state index contributed by atoms with van der Waals surface area (Å²) in [4.78, 5) is 4.90. The fraction of sp³-hybridized carbons (Fsp3) is 0.154. The third-order valence-electron chi connectivity index (χ3n) is 8.22. The zero-order valence-corrected chi connectivity index (χ0v) is 24.0. The predicted octanol–water partition coefficient (Wildman–Crippen LogP) is 11.0. The van der Waals surface area contributed by atoms with Gasteiger partial charge in [0.2, 0.25) is 5.89 Å². The van der Waals surface area contributed by atoms with Gasteiger partial charge in [0, 0.05) is 5.56 Å². The van der Waals surface area contributed by atoms with Crippen molar-refractivity contribution in [1.82, 2.24) is 4.98 Å². The van der Waals surface area contributed by atoms with Crippen molar-refractivity contribution in [2.75, 3.05) is 0 Å². The molecule has 2 heteroatoms. The van der Waals surface area contributed by atoms with E-state index in [4.69, 9.17) is 9.40 Å². The summed E-state index contributed by atoms with van der Waals surface area (Å²) >= 11 is 0. The molecule has 0 atom stereocenters. The number of rotatable bonds is 4. The lowest BCUT2D eigenvalue weighted by molar-refractivity contribution is 0.578. The molecule has 7 aromatic rings. The second-order valence-electron chi connectivity index (χ2n) is 11.9. The van der Waals surface area contributed by atoms with Crippen molar-refractivity contribution in [3.8, 4) is 33.7 Å². The first-order valence-electron chi connectivity index (χ1n) is 14.5. The second kappa shape index (κ2) is 9.74. The van der Waals surface area contributed by atoms with Crippen LogP contribution in [0.5, 0.6) is 0 Å². The molecule has 41 heavy (non-hydrogen) atoms. The molecule has 7 rings (SSSR count). The highest BCUT2D eigenvalue weighted by Gasteiger charge is 2.21. The Bertz CT molecular complexity index is 1980. The van der Waals surface area contributed by atoms with Crippen LogP contribution in [0.3, 0.4) is 0 Å². The van der Waals surface area contributed by atoms with Gasteiger partial charge in [-0.25, -0.2) is 4.98 Å². The van der Waals surface area contributed by atoms with Crippen LogP contribution in [0.2, 0.25) is 0 Å². The molecular weight excluding hydrogens is 498 g/mol. The average Bonchev–Trinajstić information content (AvgIpc) is 3.42. The summed E-state index contributed by atoms with van der Waals surface area (Å²) in [5, 5.41) is 5.02. The fourth-order valence-corrected chi connectivity index (χ4v) is 6.27. The van der Waals surface area contributed by atoms with Gasteiger partial charge in [0.1, 0.15) is 5.52 Å². The van der Waals surface area contributed by atoms with Crippen LogP contribution in [-0.2, 0) is 11.8 Å². The van der Waals surface area contributed by atoms with Gasteiger partial charge in [-0.1, -0.05) is 119 Å². The Kier molecular flexibility index (Phi) is 6.01. The summed E-state index contributed by atoms with van der Waals surface area (Å²) in [5.41, 5.74) is 10.4. The molecule has 0 unspecified atom stereocenters. The van der Waals surface area contributed by atoms with E-state index >= 15 is 0 Å². The second-order valence-corrected chi connectivity index (χ2v) is 11.9. The number of fused-ring (bicyclic) bond motifs is 3. The molecule has 0 aliphatic rings. The molecule has 0 bridgehead atoms. The highest BCUT2D eigenvalue weighted by atomic mass is 16.3. The van der Waals surface area contributed by atoms with Crippen molar-refractivity contribution in [1.29, 1.82) is 0 Å². The van der Waals surface area contributed by atoms with Crippen molar-refractivity contribution in [2.24, 2.45) is 0 Å². The summed E-state index contributed by atoms with van der Waals surface area (Å²) in [6.45, 7) is 8.96. The Labute approximate surface area is 241 Å². The lowest BCUT2D eigenvalue weighted by Gasteiger charge is -2.22. The maximum atomic E-state index is 6.33. The van der Waals surface area contributed by atoms with E-state index in [2.05, 4.69) is 143 Å². The highest BCUT2D eigenvalue weighted by molar-refractivity contribution is 6.21. The first-order chi connectivity index (χ1) is 19.9. The maximum absolute atomic E-state index is 6.33. The van der Waals surface area contributed by atoms with Gasteiger partial charge in [-0.05, 0) is 91.0 Å². The molecule has 0 saturated carbocycles. The summed E-state index contributed by atoms with van der Waals surface area (Å²) in [6, 6.07) is 41.3. The van der Waals surface area contributed by atoms with E-state index in [-0.39, 0.29) is 5.41 Å². The van der Waals surface area contributed by atoms with E-state index in [0.29, 0.717) is 5.89 Å². The Balaban J connectivity index is 1.38. The summed E-state index contributed by atoms with van der Waals surface area (Å²) in [5.74, 6) is 0.661. The average molecular weight is 532 g/mol. The molecule has 0 saturated heterocycles. The van der Waals surface area contributed by atoms with Gasteiger partial charge in [-0.15, -0.1) is 0 Å². The number of aromatic nitrogens is 1. The Morgan fingerprint density at radius 3 is 1.59 bits per heavy atom. The van der Waals surface area contributed by atoms with Gasteiger partial charge >= 0.3 is 0 Å². The molecular formula is C39H33NO. The fourth-order valence-electron chi connectivity index (χ4n) is 6.27. The lowest BCUT2D eigenvalue weighted by Crippen LogP contribution is -2.13. The first-order valence-corrected chi connectivity index (χ1v) is 14.5. The van der Waals surface area contributed by atoms with Crippen LogP contribution in [-0.4, -0.2) is 4.98 Å². The molecule has 0 spiro atoms. The van der Waals surface area contributed by atoms with Crippen LogP contribution in [0.15, 0.2) is 120 Å². The molecule has 0 fully saturated rings. The van der Waals surface area contributed by atoms with Crippen molar-refractivity contribution < 1.29 is 4.42 Å². The SMILES string of the molecule is CCc1cc2nc(-c3ccc(-c4c5ccccc5c(-c5ccccc5)c5ccccc45)cc3)oc2cc1C(C)(C)C. The molecule has 0 aliphatic heterocycles. The van der Waals surface area contributed by atoms with E-state index in [1.165, 1.54) is 54.9 Å². The van der Waals surface area contributed by atoms with E-state index in [1.807, 2.05) is 0 Å². The minimum Gasteiger partial charge on any atom is -0.436 e. The Hall–Kier alpha value is -4.69. The van der Waals surface area contributed by atoms with Gasteiger partial charge < -0.3 is 4.42 Å². The summed E-state index contributed by atoms with van der Waals surface area (Å²) < 4.78 is 6.33. The minimum atomic E-state index is 0.0513. The molecule has 0 aliphatic carbocycles. The Morgan fingerprint density at radius 1 is 0.585 bits per heavy atom. The van der Waals surface area contributed by atoms with E-state index in [9.17, 15) is 0 Å². The monoisotopic (exact) mass is 531 g/mol. The van der Waals surface area contributed by atoms with Crippen LogP contribution < -0.4 is 0 Å². The third-order valence-corrected chi connectivity index (χ3v) is 8.22. The highest BCUT2D eigenvalue weighted by Crippen LogP contribution is 2.44. The van der Waals surface area contributed by atoms with Crippen LogP contribution >= 0.6 is 0 Å². The van der Waals surface area contributed by atoms with E-state index in [0.717, 1.165) is 23.1 Å². The lowest BCUT2D eigenvalue weighted by atomic mass is 9.83. The number of hydrogen-bond donors (Lipinski definition) is 0. The number of hydrogen-bond acceptors (Lipinski definition) is 2. The normalized spacial score (nSPS) is 12.0. The molecule has 6 aromatic carbocycles. The minimum absolute atomic E-state index is 0.0513. The van der Waals surface area contributed by atoms with Crippen molar-refractivity contribution in [2.45, 2.75) is 39.5 Å². The zero-order valence-electron chi connectivity index (χ0n) is 24.0. The van der Waals surface area contributed by atoms with Crippen molar-refractivity contribution in [3.05, 3.63) is 126 Å². The van der Waals surface area contributed by atoms with E-state index < -0.39 is 0 Å². The van der Waals surface area contributed by atoms with Crippen molar-refractivity contribution >= 4 is 32.6 Å². The smallest absolute Gasteiger partial charge is 0.227 e. The quantitative estimate of drug-likeness (QED) is 0.211. The molecule has 0 N–H and O–H groups in total. The number of oxazole rings is 1. The van der Waals surface area contributed by atoms with Crippen molar-refractivity contribution in [3.63, 3.8) is 0 Å². The molecule has 2 nitrogen and oxygen atoms in total. The number of nitrogens with zero attached hydrogens (tertiary/aromatic N) is 1. The largest absolute Gasteiger partial charge is 0.436 e. The molecule has 0 radical (unpaired) electrons. The van der Waals surface area contributed by atoms with Gasteiger partial charge in [0.05, 0.1) is 0 Å². The summed E-state index contributed by atoms with van der Waals surface area (Å²) in [7, 11) is 0. The third kappa shape index (κ3) is 4.31.